The number of benzene rings is 2. The van der Waals surface area contributed by atoms with E-state index in [0.717, 1.165) is 48.1 Å². The fraction of sp³-hybridized carbons (Fsp3) is 0.486. The third-order valence-corrected chi connectivity index (χ3v) is 10.3. The molecular formula is C37H47N3O6S. The van der Waals surface area contributed by atoms with Crippen molar-refractivity contribution in [3.63, 3.8) is 0 Å². The third kappa shape index (κ3) is 8.93. The van der Waals surface area contributed by atoms with Crippen LogP contribution in [-0.2, 0) is 11.2 Å². The number of aliphatic hydroxyl groups excluding tert-OH is 3. The van der Waals surface area contributed by atoms with Crippen LogP contribution in [0.15, 0.2) is 77.8 Å². The van der Waals surface area contributed by atoms with Crippen LogP contribution in [-0.4, -0.2) is 62.4 Å². The summed E-state index contributed by atoms with van der Waals surface area (Å²) >= 11 is 1.49. The van der Waals surface area contributed by atoms with E-state index in [4.69, 9.17) is 4.74 Å². The van der Waals surface area contributed by atoms with Gasteiger partial charge in [0.2, 0.25) is 5.91 Å². The van der Waals surface area contributed by atoms with Crippen LogP contribution >= 0.6 is 11.8 Å². The molecule has 0 radical (unpaired) electrons. The van der Waals surface area contributed by atoms with Crippen LogP contribution in [0.4, 0.5) is 0 Å². The monoisotopic (exact) mass is 661 g/mol. The normalized spacial score (nSPS) is 20.6. The first kappa shape index (κ1) is 34.9. The van der Waals surface area contributed by atoms with Gasteiger partial charge in [-0.2, -0.15) is 0 Å². The standard InChI is InChI=1S/C37H47N3O6S/c1-23(2)31(36(44)40-32-27-17-10-9-14-25(27)21-29(32)41)35(43)34(42)28(20-24-12-5-3-6-13-24)39-37(45)33-30(18-11-19-38-33)46-22-47-26-15-7-4-8-16-26/h4,7-11,14-19,23-24,28-29,31-32,34-35,41-43H,3,5-6,12-13,20-22H2,1-2H3,(H,39,45)(H,40,44)/t28-,29+,31+,32?,34+,35+/m0/s1. The molecule has 2 aliphatic carbocycles. The summed E-state index contributed by atoms with van der Waals surface area (Å²) in [5, 5.41) is 40.0. The minimum absolute atomic E-state index is 0.0866. The maximum Gasteiger partial charge on any atom is 0.274 e. The molecule has 2 amide bonds. The number of nitrogens with zero attached hydrogens (tertiary/aromatic N) is 1. The van der Waals surface area contributed by atoms with E-state index in [9.17, 15) is 24.9 Å². The van der Waals surface area contributed by atoms with Gasteiger partial charge in [-0.25, -0.2) is 4.98 Å². The molecule has 252 valence electrons. The van der Waals surface area contributed by atoms with E-state index in [2.05, 4.69) is 15.6 Å². The van der Waals surface area contributed by atoms with Gasteiger partial charge in [-0.3, -0.25) is 9.59 Å². The van der Waals surface area contributed by atoms with Crippen molar-refractivity contribution >= 4 is 23.6 Å². The molecule has 5 N–H and O–H groups in total. The molecule has 1 saturated carbocycles. The number of rotatable bonds is 14. The number of ether oxygens (including phenoxy) is 1. The van der Waals surface area contributed by atoms with E-state index in [0.29, 0.717) is 18.6 Å². The summed E-state index contributed by atoms with van der Waals surface area (Å²) in [6.45, 7) is 3.64. The minimum atomic E-state index is -1.47. The van der Waals surface area contributed by atoms with E-state index in [-0.39, 0.29) is 23.5 Å². The molecule has 6 atom stereocenters. The van der Waals surface area contributed by atoms with Crippen LogP contribution in [0.25, 0.3) is 0 Å². The molecule has 3 aromatic rings. The number of carbonyl (C=O) groups excluding carboxylic acids is 2. The summed E-state index contributed by atoms with van der Waals surface area (Å²) in [4.78, 5) is 32.8. The zero-order chi connectivity index (χ0) is 33.3. The summed E-state index contributed by atoms with van der Waals surface area (Å²) in [6.07, 6.45) is 3.95. The number of carbonyl (C=O) groups is 2. The molecule has 10 heteroatoms. The van der Waals surface area contributed by atoms with Crippen LogP contribution in [0.3, 0.4) is 0 Å². The first-order valence-corrected chi connectivity index (χ1v) is 17.7. The molecule has 1 heterocycles. The van der Waals surface area contributed by atoms with Crippen molar-refractivity contribution in [2.75, 3.05) is 5.94 Å². The number of aliphatic hydroxyl groups is 3. The van der Waals surface area contributed by atoms with Crippen molar-refractivity contribution in [3.05, 3.63) is 89.7 Å². The largest absolute Gasteiger partial charge is 0.480 e. The van der Waals surface area contributed by atoms with Crippen molar-refractivity contribution < 1.29 is 29.6 Å². The Balaban J connectivity index is 1.31. The molecule has 5 rings (SSSR count). The molecule has 1 unspecified atom stereocenters. The predicted molar refractivity (Wildman–Crippen MR) is 182 cm³/mol. The van der Waals surface area contributed by atoms with E-state index < -0.39 is 48.1 Å². The Hall–Kier alpha value is -3.44. The Morgan fingerprint density at radius 1 is 0.957 bits per heavy atom. The van der Waals surface area contributed by atoms with Crippen molar-refractivity contribution in [3.8, 4) is 5.75 Å². The van der Waals surface area contributed by atoms with Gasteiger partial charge >= 0.3 is 0 Å². The molecule has 2 aliphatic rings. The lowest BCUT2D eigenvalue weighted by molar-refractivity contribution is -0.137. The van der Waals surface area contributed by atoms with Gasteiger partial charge < -0.3 is 30.7 Å². The van der Waals surface area contributed by atoms with E-state index in [1.54, 1.807) is 12.1 Å². The Bertz CT molecular complexity index is 1470. The molecule has 0 aliphatic heterocycles. The van der Waals surface area contributed by atoms with E-state index >= 15 is 0 Å². The Morgan fingerprint density at radius 3 is 2.43 bits per heavy atom. The summed E-state index contributed by atoms with van der Waals surface area (Å²) < 4.78 is 5.95. The summed E-state index contributed by atoms with van der Waals surface area (Å²) in [7, 11) is 0. The van der Waals surface area contributed by atoms with E-state index in [1.807, 2.05) is 68.4 Å². The smallest absolute Gasteiger partial charge is 0.274 e. The lowest BCUT2D eigenvalue weighted by Crippen LogP contribution is -2.55. The number of amides is 2. The first-order valence-electron chi connectivity index (χ1n) is 16.7. The van der Waals surface area contributed by atoms with Gasteiger partial charge in [0.25, 0.3) is 5.91 Å². The number of thioether (sulfide) groups is 1. The third-order valence-electron chi connectivity index (χ3n) is 9.45. The summed E-state index contributed by atoms with van der Waals surface area (Å²) in [5.74, 6) is -1.45. The molecule has 0 saturated heterocycles. The second-order valence-corrected chi connectivity index (χ2v) is 14.1. The number of aromatic nitrogens is 1. The molecule has 1 fully saturated rings. The topological polar surface area (TPSA) is 141 Å². The van der Waals surface area contributed by atoms with Crippen LogP contribution in [0.2, 0.25) is 0 Å². The van der Waals surface area contributed by atoms with Gasteiger partial charge in [0.15, 0.2) is 11.4 Å². The predicted octanol–water partition coefficient (Wildman–Crippen LogP) is 5.05. The molecule has 1 aromatic heterocycles. The first-order chi connectivity index (χ1) is 22.7. The SMILES string of the molecule is CC(C)[C@@H](C(=O)NC1c2ccccc2C[C@H]1O)[C@@H](O)[C@H](O)[C@H](CC1CCCCC1)NC(=O)c1ncccc1OCSc1ccccc1. The Kier molecular flexibility index (Phi) is 12.3. The number of pyridine rings is 1. The van der Waals surface area contributed by atoms with Crippen LogP contribution < -0.4 is 15.4 Å². The highest BCUT2D eigenvalue weighted by Crippen LogP contribution is 2.34. The van der Waals surface area contributed by atoms with Crippen molar-refractivity contribution in [1.82, 2.24) is 15.6 Å². The van der Waals surface area contributed by atoms with Crippen molar-refractivity contribution in [2.24, 2.45) is 17.8 Å². The van der Waals surface area contributed by atoms with Crippen LogP contribution in [0.1, 0.15) is 80.0 Å². The van der Waals surface area contributed by atoms with Gasteiger partial charge in [0, 0.05) is 17.5 Å². The second-order valence-electron chi connectivity index (χ2n) is 13.1. The van der Waals surface area contributed by atoms with Crippen LogP contribution in [0, 0.1) is 17.8 Å². The summed E-state index contributed by atoms with van der Waals surface area (Å²) in [6, 6.07) is 19.3. The fourth-order valence-corrected chi connectivity index (χ4v) is 7.63. The number of hydrogen-bond donors (Lipinski definition) is 5. The van der Waals surface area contributed by atoms with E-state index in [1.165, 1.54) is 18.0 Å². The lowest BCUT2D eigenvalue weighted by Gasteiger charge is -2.36. The van der Waals surface area contributed by atoms with Crippen molar-refractivity contribution in [2.45, 2.75) is 94.1 Å². The van der Waals surface area contributed by atoms with Gasteiger partial charge in [0.1, 0.15) is 12.0 Å². The molecular weight excluding hydrogens is 614 g/mol. The Labute approximate surface area is 281 Å². The van der Waals surface area contributed by atoms with Gasteiger partial charge in [-0.1, -0.05) is 100 Å². The average molecular weight is 662 g/mol. The maximum atomic E-state index is 13.7. The summed E-state index contributed by atoms with van der Waals surface area (Å²) in [5.41, 5.74) is 1.91. The van der Waals surface area contributed by atoms with Gasteiger partial charge in [-0.05, 0) is 53.6 Å². The molecule has 47 heavy (non-hydrogen) atoms. The number of hydrogen-bond acceptors (Lipinski definition) is 8. The quantitative estimate of drug-likeness (QED) is 0.120. The molecule has 9 nitrogen and oxygen atoms in total. The second kappa shape index (κ2) is 16.6. The molecule has 0 bridgehead atoms. The molecule has 0 spiro atoms. The average Bonchev–Trinajstić information content (AvgIpc) is 3.39. The Morgan fingerprint density at radius 2 is 1.68 bits per heavy atom. The lowest BCUT2D eigenvalue weighted by atomic mass is 9.79. The maximum absolute atomic E-state index is 13.7. The van der Waals surface area contributed by atoms with Gasteiger partial charge in [0.05, 0.1) is 30.2 Å². The van der Waals surface area contributed by atoms with Crippen LogP contribution in [0.5, 0.6) is 5.75 Å². The highest BCUT2D eigenvalue weighted by atomic mass is 32.2. The highest BCUT2D eigenvalue weighted by molar-refractivity contribution is 7.99. The molecule has 2 aromatic carbocycles. The number of fused-ring (bicyclic) bond motifs is 1. The zero-order valence-electron chi connectivity index (χ0n) is 27.1. The highest BCUT2D eigenvalue weighted by Gasteiger charge is 2.42. The fourth-order valence-electron chi connectivity index (χ4n) is 6.96. The number of nitrogens with one attached hydrogen (secondary N) is 2. The van der Waals surface area contributed by atoms with Gasteiger partial charge in [-0.15, -0.1) is 0 Å². The van der Waals surface area contributed by atoms with Crippen molar-refractivity contribution in [1.29, 1.82) is 0 Å². The zero-order valence-corrected chi connectivity index (χ0v) is 27.9. The minimum Gasteiger partial charge on any atom is -0.480 e.